The number of nitrogens with one attached hydrogen (secondary N) is 1. The Kier molecular flexibility index (Phi) is 7.35. The first-order valence-electron chi connectivity index (χ1n) is 6.17. The SMILES string of the molecule is CCCNCCCSCc1ccccc1C. The summed E-state index contributed by atoms with van der Waals surface area (Å²) in [5.74, 6) is 2.41. The van der Waals surface area contributed by atoms with Gasteiger partial charge in [0.1, 0.15) is 0 Å². The molecule has 0 aliphatic carbocycles. The van der Waals surface area contributed by atoms with Gasteiger partial charge >= 0.3 is 0 Å². The second-order valence-electron chi connectivity index (χ2n) is 4.08. The molecule has 1 aromatic carbocycles. The Morgan fingerprint density at radius 1 is 1.19 bits per heavy atom. The van der Waals surface area contributed by atoms with E-state index < -0.39 is 0 Å². The van der Waals surface area contributed by atoms with Crippen LogP contribution in [0.5, 0.6) is 0 Å². The van der Waals surface area contributed by atoms with Gasteiger partial charge in [-0.25, -0.2) is 0 Å². The molecule has 1 N–H and O–H groups in total. The van der Waals surface area contributed by atoms with Crippen molar-refractivity contribution in [1.29, 1.82) is 0 Å². The van der Waals surface area contributed by atoms with E-state index in [1.54, 1.807) is 0 Å². The molecule has 0 unspecified atom stereocenters. The molecule has 0 bridgehead atoms. The lowest BCUT2D eigenvalue weighted by atomic mass is 10.1. The molecular weight excluding hydrogens is 214 g/mol. The maximum atomic E-state index is 3.43. The lowest BCUT2D eigenvalue weighted by Gasteiger charge is -2.05. The van der Waals surface area contributed by atoms with Crippen molar-refractivity contribution in [2.45, 2.75) is 32.4 Å². The minimum Gasteiger partial charge on any atom is -0.317 e. The van der Waals surface area contributed by atoms with Gasteiger partial charge in [-0.1, -0.05) is 31.2 Å². The molecule has 0 amide bonds. The van der Waals surface area contributed by atoms with Crippen LogP contribution in [0.4, 0.5) is 0 Å². The van der Waals surface area contributed by atoms with Crippen LogP contribution < -0.4 is 5.32 Å². The molecule has 1 aromatic rings. The molecule has 0 saturated heterocycles. The van der Waals surface area contributed by atoms with Crippen LogP contribution in [0.25, 0.3) is 0 Å². The number of hydrogen-bond donors (Lipinski definition) is 1. The van der Waals surface area contributed by atoms with E-state index in [1.165, 1.54) is 29.7 Å². The van der Waals surface area contributed by atoms with Crippen molar-refractivity contribution in [3.63, 3.8) is 0 Å². The van der Waals surface area contributed by atoms with E-state index in [9.17, 15) is 0 Å². The molecular formula is C14H23NS. The monoisotopic (exact) mass is 237 g/mol. The van der Waals surface area contributed by atoms with Crippen molar-refractivity contribution < 1.29 is 0 Å². The van der Waals surface area contributed by atoms with Gasteiger partial charge in [0.25, 0.3) is 0 Å². The Morgan fingerprint density at radius 3 is 2.75 bits per heavy atom. The van der Waals surface area contributed by atoms with Gasteiger partial charge in [-0.15, -0.1) is 0 Å². The Labute approximate surface area is 104 Å². The minimum absolute atomic E-state index is 1.15. The van der Waals surface area contributed by atoms with Crippen LogP contribution in [-0.2, 0) is 5.75 Å². The van der Waals surface area contributed by atoms with Gasteiger partial charge < -0.3 is 5.32 Å². The number of thioether (sulfide) groups is 1. The summed E-state index contributed by atoms with van der Waals surface area (Å²) in [6.07, 6.45) is 2.51. The lowest BCUT2D eigenvalue weighted by Crippen LogP contribution is -2.16. The molecule has 1 rings (SSSR count). The summed E-state index contributed by atoms with van der Waals surface area (Å²) in [6, 6.07) is 8.67. The Hall–Kier alpha value is -0.470. The quantitative estimate of drug-likeness (QED) is 0.693. The smallest absolute Gasteiger partial charge is 0.0187 e. The largest absolute Gasteiger partial charge is 0.317 e. The van der Waals surface area contributed by atoms with E-state index in [1.807, 2.05) is 11.8 Å². The minimum atomic E-state index is 1.15. The van der Waals surface area contributed by atoms with Crippen LogP contribution in [-0.4, -0.2) is 18.8 Å². The molecule has 0 fully saturated rings. The van der Waals surface area contributed by atoms with E-state index in [2.05, 4.69) is 43.4 Å². The van der Waals surface area contributed by atoms with Crippen LogP contribution in [0.1, 0.15) is 30.9 Å². The van der Waals surface area contributed by atoms with Gasteiger partial charge in [-0.05, 0) is 49.7 Å². The first-order chi connectivity index (χ1) is 7.84. The number of rotatable bonds is 8. The van der Waals surface area contributed by atoms with Gasteiger partial charge in [-0.3, -0.25) is 0 Å². The van der Waals surface area contributed by atoms with Crippen molar-refractivity contribution in [2.75, 3.05) is 18.8 Å². The number of benzene rings is 1. The lowest BCUT2D eigenvalue weighted by molar-refractivity contribution is 0.664. The highest BCUT2D eigenvalue weighted by Crippen LogP contribution is 2.16. The molecule has 0 aliphatic rings. The van der Waals surface area contributed by atoms with Gasteiger partial charge in [0.15, 0.2) is 0 Å². The summed E-state index contributed by atoms with van der Waals surface area (Å²) in [7, 11) is 0. The maximum Gasteiger partial charge on any atom is 0.0187 e. The van der Waals surface area contributed by atoms with Crippen LogP contribution in [0.2, 0.25) is 0 Å². The van der Waals surface area contributed by atoms with Crippen molar-refractivity contribution in [1.82, 2.24) is 5.32 Å². The van der Waals surface area contributed by atoms with E-state index in [-0.39, 0.29) is 0 Å². The molecule has 0 spiro atoms. The molecule has 0 aliphatic heterocycles. The molecule has 0 saturated carbocycles. The Morgan fingerprint density at radius 2 is 2.00 bits per heavy atom. The fraction of sp³-hybridized carbons (Fsp3) is 0.571. The molecule has 1 nitrogen and oxygen atoms in total. The first-order valence-corrected chi connectivity index (χ1v) is 7.33. The first kappa shape index (κ1) is 13.6. The Bertz CT molecular complexity index is 286. The molecule has 2 heteroatoms. The van der Waals surface area contributed by atoms with Gasteiger partial charge in [0.05, 0.1) is 0 Å². The van der Waals surface area contributed by atoms with Crippen LogP contribution >= 0.6 is 11.8 Å². The summed E-state index contributed by atoms with van der Waals surface area (Å²) in [5.41, 5.74) is 2.90. The Balaban J connectivity index is 2.05. The van der Waals surface area contributed by atoms with Crippen molar-refractivity contribution in [3.05, 3.63) is 35.4 Å². The second-order valence-corrected chi connectivity index (χ2v) is 5.19. The highest BCUT2D eigenvalue weighted by Gasteiger charge is 1.96. The topological polar surface area (TPSA) is 12.0 Å². The standard InChI is InChI=1S/C14H23NS/c1-3-9-15-10-6-11-16-12-14-8-5-4-7-13(14)2/h4-5,7-8,15H,3,6,9-12H2,1-2H3. The fourth-order valence-electron chi connectivity index (χ4n) is 1.56. The van der Waals surface area contributed by atoms with Gasteiger partial charge in [0, 0.05) is 5.75 Å². The molecule has 0 atom stereocenters. The molecule has 90 valence electrons. The zero-order chi connectivity index (χ0) is 11.6. The predicted octanol–water partition coefficient (Wildman–Crippen LogP) is 3.62. The van der Waals surface area contributed by atoms with Crippen molar-refractivity contribution in [2.24, 2.45) is 0 Å². The highest BCUT2D eigenvalue weighted by molar-refractivity contribution is 7.98. The van der Waals surface area contributed by atoms with E-state index in [0.29, 0.717) is 0 Å². The molecule has 0 aromatic heterocycles. The second kappa shape index (κ2) is 8.66. The zero-order valence-electron chi connectivity index (χ0n) is 10.5. The van der Waals surface area contributed by atoms with Crippen molar-refractivity contribution in [3.8, 4) is 0 Å². The summed E-state index contributed by atoms with van der Waals surface area (Å²) in [5, 5.41) is 3.43. The van der Waals surface area contributed by atoms with Gasteiger partial charge in [-0.2, -0.15) is 11.8 Å². The van der Waals surface area contributed by atoms with E-state index in [0.717, 1.165) is 18.8 Å². The molecule has 16 heavy (non-hydrogen) atoms. The predicted molar refractivity (Wildman–Crippen MR) is 75.1 cm³/mol. The van der Waals surface area contributed by atoms with Crippen LogP contribution in [0.3, 0.4) is 0 Å². The maximum absolute atomic E-state index is 3.43. The zero-order valence-corrected chi connectivity index (χ0v) is 11.3. The summed E-state index contributed by atoms with van der Waals surface area (Å²) < 4.78 is 0. The van der Waals surface area contributed by atoms with E-state index >= 15 is 0 Å². The summed E-state index contributed by atoms with van der Waals surface area (Å²) >= 11 is 2.04. The van der Waals surface area contributed by atoms with Gasteiger partial charge in [0.2, 0.25) is 0 Å². The normalized spacial score (nSPS) is 10.6. The van der Waals surface area contributed by atoms with Crippen LogP contribution in [0.15, 0.2) is 24.3 Å². The third-order valence-corrected chi connectivity index (χ3v) is 3.68. The average molecular weight is 237 g/mol. The summed E-state index contributed by atoms with van der Waals surface area (Å²) in [4.78, 5) is 0. The number of aryl methyl sites for hydroxylation is 1. The fourth-order valence-corrected chi connectivity index (χ4v) is 2.59. The third kappa shape index (κ3) is 5.57. The molecule has 0 radical (unpaired) electrons. The third-order valence-electron chi connectivity index (χ3n) is 2.59. The number of hydrogen-bond acceptors (Lipinski definition) is 2. The average Bonchev–Trinajstić information content (AvgIpc) is 2.30. The summed E-state index contributed by atoms with van der Waals surface area (Å²) in [6.45, 7) is 6.72. The molecule has 0 heterocycles. The van der Waals surface area contributed by atoms with E-state index in [4.69, 9.17) is 0 Å². The highest BCUT2D eigenvalue weighted by atomic mass is 32.2. The van der Waals surface area contributed by atoms with Crippen LogP contribution in [0, 0.1) is 6.92 Å². The van der Waals surface area contributed by atoms with Crippen molar-refractivity contribution >= 4 is 11.8 Å².